The third kappa shape index (κ3) is 3.84. The minimum atomic E-state index is -1.37. The number of aliphatic hydroxyl groups excluding tert-OH is 1. The molecule has 4 saturated carbocycles. The Labute approximate surface area is 256 Å². The second kappa shape index (κ2) is 10.0. The number of thioether (sulfide) groups is 1. The normalized spacial score (nSPS) is 42.6. The number of hydrogen-bond acceptors (Lipinski definition) is 8. The van der Waals surface area contributed by atoms with E-state index in [1.807, 2.05) is 13.0 Å². The summed E-state index contributed by atoms with van der Waals surface area (Å²) in [5, 5.41) is 21.3. The van der Waals surface area contributed by atoms with Crippen molar-refractivity contribution in [2.75, 3.05) is 5.75 Å². The summed E-state index contributed by atoms with van der Waals surface area (Å²) < 4.78 is 19.7. The van der Waals surface area contributed by atoms with Crippen LogP contribution < -0.4 is 5.73 Å². The van der Waals surface area contributed by atoms with Crippen LogP contribution in [0.5, 0.6) is 0 Å². The van der Waals surface area contributed by atoms with Crippen LogP contribution in [-0.4, -0.2) is 39.4 Å². The molecule has 0 aliphatic heterocycles. The molecule has 9 heteroatoms. The quantitative estimate of drug-likeness (QED) is 0.386. The lowest BCUT2D eigenvalue weighted by atomic mass is 9.43. The van der Waals surface area contributed by atoms with Crippen LogP contribution in [0.25, 0.3) is 0 Å². The Morgan fingerprint density at radius 1 is 1.28 bits per heavy atom. The van der Waals surface area contributed by atoms with E-state index < -0.39 is 28.5 Å². The predicted molar refractivity (Wildman–Crippen MR) is 163 cm³/mol. The van der Waals surface area contributed by atoms with Crippen LogP contribution >= 0.6 is 11.8 Å². The SMILES string of the molecule is CCC(=O)O[C@]1(C(=O)SCC#N)CCC2[C@]34C[C@H](C)C5=CC(=Nc6ccc(F)cc6)C(=CN)C[C@]5(C)C3(C4)[C@@H](O)C[C@@]21C. The van der Waals surface area contributed by atoms with Gasteiger partial charge >= 0.3 is 5.97 Å². The highest BCUT2D eigenvalue weighted by Crippen LogP contribution is 2.90. The first-order chi connectivity index (χ1) is 20.4. The highest BCUT2D eigenvalue weighted by molar-refractivity contribution is 8.14. The average molecular weight is 606 g/mol. The minimum absolute atomic E-state index is 0.0120. The van der Waals surface area contributed by atoms with Gasteiger partial charge in [-0.15, -0.1) is 0 Å². The van der Waals surface area contributed by atoms with E-state index in [9.17, 15) is 24.3 Å². The van der Waals surface area contributed by atoms with Gasteiger partial charge in [0.05, 0.1) is 29.3 Å². The zero-order valence-electron chi connectivity index (χ0n) is 25.3. The molecule has 228 valence electrons. The minimum Gasteiger partial charge on any atom is -0.449 e. The Kier molecular flexibility index (Phi) is 7.02. The van der Waals surface area contributed by atoms with Crippen LogP contribution in [0.4, 0.5) is 10.1 Å². The first kappa shape index (κ1) is 30.1. The molecule has 8 atom stereocenters. The maximum Gasteiger partial charge on any atom is 0.306 e. The average Bonchev–Trinajstić information content (AvgIpc) is 3.60. The summed E-state index contributed by atoms with van der Waals surface area (Å²) in [6.07, 6.45) is 6.93. The van der Waals surface area contributed by atoms with Crippen LogP contribution in [0.2, 0.25) is 0 Å². The molecule has 5 aliphatic rings. The van der Waals surface area contributed by atoms with Crippen LogP contribution in [0.15, 0.2) is 52.7 Å². The fourth-order valence-corrected chi connectivity index (χ4v) is 11.3. The number of fused-ring (bicyclic) bond motifs is 2. The number of nitriles is 1. The maximum absolute atomic E-state index is 13.9. The van der Waals surface area contributed by atoms with Gasteiger partial charge in [-0.2, -0.15) is 5.26 Å². The monoisotopic (exact) mass is 605 g/mol. The molecular weight excluding hydrogens is 565 g/mol. The van der Waals surface area contributed by atoms with E-state index in [0.717, 1.165) is 42.3 Å². The zero-order valence-corrected chi connectivity index (χ0v) is 26.1. The summed E-state index contributed by atoms with van der Waals surface area (Å²) >= 11 is 0.920. The molecule has 6 rings (SSSR count). The van der Waals surface area contributed by atoms with Gasteiger partial charge in [0.1, 0.15) is 5.82 Å². The Balaban J connectivity index is 1.43. The molecule has 7 nitrogen and oxygen atoms in total. The number of hydrogen-bond donors (Lipinski definition) is 2. The molecule has 4 fully saturated rings. The Bertz CT molecular complexity index is 1520. The molecule has 0 heterocycles. The van der Waals surface area contributed by atoms with Crippen LogP contribution in [0, 0.1) is 50.6 Å². The van der Waals surface area contributed by atoms with Gasteiger partial charge < -0.3 is 15.6 Å². The highest BCUT2D eigenvalue weighted by atomic mass is 32.2. The lowest BCUT2D eigenvalue weighted by Gasteiger charge is -2.61. The van der Waals surface area contributed by atoms with Crippen molar-refractivity contribution in [2.24, 2.45) is 44.2 Å². The topological polar surface area (TPSA) is 126 Å². The molecule has 2 unspecified atom stereocenters. The van der Waals surface area contributed by atoms with Crippen molar-refractivity contribution in [3.05, 3.63) is 53.5 Å². The van der Waals surface area contributed by atoms with Crippen molar-refractivity contribution in [1.82, 2.24) is 0 Å². The van der Waals surface area contributed by atoms with Crippen molar-refractivity contribution in [2.45, 2.75) is 84.3 Å². The number of benzene rings is 1. The van der Waals surface area contributed by atoms with Crippen LogP contribution in [0.3, 0.4) is 0 Å². The van der Waals surface area contributed by atoms with Gasteiger partial charge in [-0.3, -0.25) is 9.59 Å². The smallest absolute Gasteiger partial charge is 0.306 e. The van der Waals surface area contributed by atoms with Crippen molar-refractivity contribution in [3.63, 3.8) is 0 Å². The summed E-state index contributed by atoms with van der Waals surface area (Å²) in [4.78, 5) is 31.5. The van der Waals surface area contributed by atoms with Gasteiger partial charge in [0.25, 0.3) is 0 Å². The van der Waals surface area contributed by atoms with E-state index in [0.29, 0.717) is 24.9 Å². The third-order valence-electron chi connectivity index (χ3n) is 12.1. The fraction of sp³-hybridized carbons (Fsp3) is 0.588. The zero-order chi connectivity index (χ0) is 31.0. The number of nitrogens with two attached hydrogens (primary N) is 1. The van der Waals surface area contributed by atoms with Crippen LogP contribution in [-0.2, 0) is 14.3 Å². The molecule has 1 aromatic carbocycles. The number of ether oxygens (including phenoxy) is 1. The van der Waals surface area contributed by atoms with Gasteiger partial charge in [0, 0.05) is 22.7 Å². The Hall–Kier alpha value is -2.96. The third-order valence-corrected chi connectivity index (χ3v) is 13.0. The number of esters is 1. The molecule has 0 amide bonds. The van der Waals surface area contributed by atoms with Gasteiger partial charge in [-0.05, 0) is 97.9 Å². The molecule has 43 heavy (non-hydrogen) atoms. The van der Waals surface area contributed by atoms with E-state index >= 15 is 0 Å². The number of rotatable bonds is 5. The lowest BCUT2D eigenvalue weighted by molar-refractivity contribution is -0.197. The standard InChI is InChI=1S/C34H40FN3O4S/c1-5-28(40)42-34(29(41)43-13-12-36)11-10-26-31(34,4)17-27(39)33-19-32(26,33)15-20(2)24-14-25(21(18-37)16-30(24,33)3)38-23-8-6-22(35)7-9-23/h6-9,14,18,20,26-27,39H,5,10-11,13,15-17,19,37H2,1-4H3/t20-,26?,27-,30-,31-,32+,33?,34-/m0/s1. The molecule has 0 radical (unpaired) electrons. The Morgan fingerprint density at radius 3 is 2.65 bits per heavy atom. The first-order valence-electron chi connectivity index (χ1n) is 15.3. The molecule has 0 aromatic heterocycles. The molecule has 5 aliphatic carbocycles. The Morgan fingerprint density at radius 2 is 2.00 bits per heavy atom. The van der Waals surface area contributed by atoms with E-state index in [1.54, 1.807) is 25.3 Å². The number of carbonyl (C=O) groups is 2. The summed E-state index contributed by atoms with van der Waals surface area (Å²) in [5.41, 5.74) is 6.61. The van der Waals surface area contributed by atoms with Crippen molar-refractivity contribution in [1.29, 1.82) is 5.26 Å². The summed E-state index contributed by atoms with van der Waals surface area (Å²) in [7, 11) is 0. The second-order valence-corrected chi connectivity index (χ2v) is 14.7. The van der Waals surface area contributed by atoms with Gasteiger partial charge in [0.15, 0.2) is 5.60 Å². The number of aliphatic imine (C=N–C) groups is 1. The van der Waals surface area contributed by atoms with Crippen molar-refractivity contribution in [3.8, 4) is 6.07 Å². The van der Waals surface area contributed by atoms with Crippen molar-refractivity contribution >= 4 is 34.2 Å². The predicted octanol–water partition coefficient (Wildman–Crippen LogP) is 6.15. The maximum atomic E-state index is 13.9. The number of halogens is 1. The first-order valence-corrected chi connectivity index (χ1v) is 16.3. The number of nitrogens with zero attached hydrogens (tertiary/aromatic N) is 2. The fourth-order valence-electron chi connectivity index (χ4n) is 10.5. The van der Waals surface area contributed by atoms with Crippen molar-refractivity contribution < 1.29 is 23.8 Å². The molecule has 0 bridgehead atoms. The lowest BCUT2D eigenvalue weighted by Crippen LogP contribution is -2.63. The van der Waals surface area contributed by atoms with E-state index in [4.69, 9.17) is 15.5 Å². The number of allylic oxidation sites excluding steroid dienone is 3. The van der Waals surface area contributed by atoms with E-state index in [2.05, 4.69) is 19.9 Å². The summed E-state index contributed by atoms with van der Waals surface area (Å²) in [6, 6.07) is 8.12. The largest absolute Gasteiger partial charge is 0.449 e. The molecule has 0 saturated heterocycles. The van der Waals surface area contributed by atoms with Gasteiger partial charge in [-0.1, -0.05) is 45.0 Å². The molecular formula is C34H40FN3O4S. The van der Waals surface area contributed by atoms with Crippen LogP contribution in [0.1, 0.15) is 72.6 Å². The highest BCUT2D eigenvalue weighted by Gasteiger charge is 2.88. The van der Waals surface area contributed by atoms with Gasteiger partial charge in [-0.25, -0.2) is 9.38 Å². The molecule has 1 aromatic rings. The summed E-state index contributed by atoms with van der Waals surface area (Å²) in [5.74, 6) is -0.506. The summed E-state index contributed by atoms with van der Waals surface area (Å²) in [6.45, 7) is 8.25. The second-order valence-electron chi connectivity index (χ2n) is 13.8. The molecule has 3 N–H and O–H groups in total. The number of aliphatic hydroxyl groups is 1. The number of carbonyl (C=O) groups excluding carboxylic acids is 2. The van der Waals surface area contributed by atoms with Gasteiger partial charge in [0.2, 0.25) is 5.12 Å². The van der Waals surface area contributed by atoms with E-state index in [1.165, 1.54) is 17.7 Å². The molecule has 0 spiro atoms. The van der Waals surface area contributed by atoms with E-state index in [-0.39, 0.29) is 45.8 Å².